The number of para-hydroxylation sites is 1. The first kappa shape index (κ1) is 13.2. The number of nitrogens with zero attached hydrogens (tertiary/aromatic N) is 2. The average molecular weight is 291 g/mol. The van der Waals surface area contributed by atoms with E-state index in [1.165, 1.54) is 0 Å². The molecule has 110 valence electrons. The largest absolute Gasteiger partial charge is 0.315 e. The van der Waals surface area contributed by atoms with Crippen LogP contribution in [0.5, 0.6) is 0 Å². The van der Waals surface area contributed by atoms with Crippen molar-refractivity contribution in [2.45, 2.75) is 6.42 Å². The standard InChI is InChI=1S/C18H17N3O/c22-18(15-10-19-11-15)9-13-6-7-14-12-20-21(17(14)8-13)16-4-2-1-3-5-16/h1-8,12,15,19H,9-11H2. The van der Waals surface area contributed by atoms with Gasteiger partial charge in [0, 0.05) is 30.8 Å². The van der Waals surface area contributed by atoms with Crippen molar-refractivity contribution in [1.82, 2.24) is 15.1 Å². The number of carbonyl (C=O) groups excluding carboxylic acids is 1. The lowest BCUT2D eigenvalue weighted by atomic mass is 9.93. The molecule has 0 radical (unpaired) electrons. The van der Waals surface area contributed by atoms with Crippen molar-refractivity contribution in [2.75, 3.05) is 13.1 Å². The minimum Gasteiger partial charge on any atom is -0.315 e. The van der Waals surface area contributed by atoms with Crippen molar-refractivity contribution in [2.24, 2.45) is 5.92 Å². The van der Waals surface area contributed by atoms with Crippen LogP contribution in [0.4, 0.5) is 0 Å². The number of Topliss-reactive ketones (excluding diaryl/α,β-unsaturated/α-hetero) is 1. The summed E-state index contributed by atoms with van der Waals surface area (Å²) in [6.07, 6.45) is 2.37. The molecule has 0 unspecified atom stereocenters. The summed E-state index contributed by atoms with van der Waals surface area (Å²) in [6.45, 7) is 1.64. The third-order valence-electron chi connectivity index (χ3n) is 4.25. The molecular weight excluding hydrogens is 274 g/mol. The summed E-state index contributed by atoms with van der Waals surface area (Å²) in [6, 6.07) is 16.2. The van der Waals surface area contributed by atoms with Gasteiger partial charge in [-0.2, -0.15) is 5.10 Å². The maximum absolute atomic E-state index is 12.2. The highest BCUT2D eigenvalue weighted by atomic mass is 16.1. The topological polar surface area (TPSA) is 46.9 Å². The second-order valence-electron chi connectivity index (χ2n) is 5.78. The Morgan fingerprint density at radius 3 is 2.73 bits per heavy atom. The summed E-state index contributed by atoms with van der Waals surface area (Å²) in [4.78, 5) is 12.2. The average Bonchev–Trinajstić information content (AvgIpc) is 2.89. The maximum atomic E-state index is 12.2. The molecule has 0 amide bonds. The number of benzene rings is 2. The van der Waals surface area contributed by atoms with Crippen LogP contribution in [0.2, 0.25) is 0 Å². The van der Waals surface area contributed by atoms with Crippen LogP contribution >= 0.6 is 0 Å². The fourth-order valence-corrected chi connectivity index (χ4v) is 2.81. The van der Waals surface area contributed by atoms with E-state index in [-0.39, 0.29) is 5.92 Å². The van der Waals surface area contributed by atoms with E-state index in [0.29, 0.717) is 12.2 Å². The molecule has 0 bridgehead atoms. The summed E-state index contributed by atoms with van der Waals surface area (Å²) in [5.74, 6) is 0.513. The van der Waals surface area contributed by atoms with E-state index in [4.69, 9.17) is 0 Å². The van der Waals surface area contributed by atoms with Gasteiger partial charge in [0.15, 0.2) is 0 Å². The number of nitrogens with one attached hydrogen (secondary N) is 1. The molecule has 4 rings (SSSR count). The fourth-order valence-electron chi connectivity index (χ4n) is 2.81. The van der Waals surface area contributed by atoms with E-state index in [9.17, 15) is 4.79 Å². The summed E-state index contributed by atoms with van der Waals surface area (Å²) in [5, 5.41) is 8.71. The molecule has 1 N–H and O–H groups in total. The zero-order chi connectivity index (χ0) is 14.9. The first-order valence-corrected chi connectivity index (χ1v) is 7.57. The summed E-state index contributed by atoms with van der Waals surface area (Å²) >= 11 is 0. The highest BCUT2D eigenvalue weighted by molar-refractivity contribution is 5.87. The Morgan fingerprint density at radius 2 is 2.00 bits per heavy atom. The number of aromatic nitrogens is 2. The van der Waals surface area contributed by atoms with Gasteiger partial charge in [-0.25, -0.2) is 4.68 Å². The van der Waals surface area contributed by atoms with Crippen LogP contribution in [0.25, 0.3) is 16.6 Å². The molecule has 0 saturated carbocycles. The number of hydrogen-bond acceptors (Lipinski definition) is 3. The normalized spacial score (nSPS) is 14.9. The predicted molar refractivity (Wildman–Crippen MR) is 86.1 cm³/mol. The number of fused-ring (bicyclic) bond motifs is 1. The van der Waals surface area contributed by atoms with Crippen molar-refractivity contribution >= 4 is 16.7 Å². The molecule has 22 heavy (non-hydrogen) atoms. The Hall–Kier alpha value is -2.46. The van der Waals surface area contributed by atoms with E-state index in [1.54, 1.807) is 0 Å². The van der Waals surface area contributed by atoms with Crippen LogP contribution in [0.3, 0.4) is 0 Å². The molecule has 1 aromatic heterocycles. The Morgan fingerprint density at radius 1 is 1.18 bits per heavy atom. The lowest BCUT2D eigenvalue weighted by molar-refractivity contribution is -0.123. The molecule has 4 nitrogen and oxygen atoms in total. The second-order valence-corrected chi connectivity index (χ2v) is 5.78. The third kappa shape index (κ3) is 2.31. The molecule has 4 heteroatoms. The van der Waals surface area contributed by atoms with E-state index < -0.39 is 0 Å². The molecule has 2 heterocycles. The first-order valence-electron chi connectivity index (χ1n) is 7.57. The van der Waals surface area contributed by atoms with Crippen LogP contribution in [0.1, 0.15) is 5.56 Å². The molecule has 0 spiro atoms. The quantitative estimate of drug-likeness (QED) is 0.802. The summed E-state index contributed by atoms with van der Waals surface area (Å²) in [5.41, 5.74) is 3.13. The molecule has 1 fully saturated rings. The fraction of sp³-hybridized carbons (Fsp3) is 0.222. The smallest absolute Gasteiger partial charge is 0.142 e. The summed E-state index contributed by atoms with van der Waals surface area (Å²) in [7, 11) is 0. The Labute approximate surface area is 128 Å². The maximum Gasteiger partial charge on any atom is 0.142 e. The monoisotopic (exact) mass is 291 g/mol. The third-order valence-corrected chi connectivity index (χ3v) is 4.25. The van der Waals surface area contributed by atoms with Crippen molar-refractivity contribution in [1.29, 1.82) is 0 Å². The minimum absolute atomic E-state index is 0.190. The van der Waals surface area contributed by atoms with E-state index in [0.717, 1.165) is 35.2 Å². The van der Waals surface area contributed by atoms with Gasteiger partial charge in [0.05, 0.1) is 17.4 Å². The van der Waals surface area contributed by atoms with Crippen molar-refractivity contribution < 1.29 is 4.79 Å². The summed E-state index contributed by atoms with van der Waals surface area (Å²) < 4.78 is 1.92. The van der Waals surface area contributed by atoms with Gasteiger partial charge in [-0.05, 0) is 23.8 Å². The van der Waals surface area contributed by atoms with E-state index >= 15 is 0 Å². The molecule has 2 aromatic carbocycles. The molecule has 1 saturated heterocycles. The lowest BCUT2D eigenvalue weighted by Crippen LogP contribution is -2.47. The van der Waals surface area contributed by atoms with E-state index in [2.05, 4.69) is 16.5 Å². The number of rotatable bonds is 4. The van der Waals surface area contributed by atoms with Gasteiger partial charge < -0.3 is 5.32 Å². The SMILES string of the molecule is O=C(Cc1ccc2cnn(-c3ccccc3)c2c1)C1CNC1. The highest BCUT2D eigenvalue weighted by Crippen LogP contribution is 2.21. The van der Waals surface area contributed by atoms with Gasteiger partial charge in [0.2, 0.25) is 0 Å². The van der Waals surface area contributed by atoms with E-state index in [1.807, 2.05) is 53.3 Å². The zero-order valence-corrected chi connectivity index (χ0v) is 12.2. The van der Waals surface area contributed by atoms with Crippen molar-refractivity contribution in [3.8, 4) is 5.69 Å². The zero-order valence-electron chi connectivity index (χ0n) is 12.2. The van der Waals surface area contributed by atoms with Gasteiger partial charge in [0.1, 0.15) is 5.78 Å². The molecule has 0 aliphatic carbocycles. The van der Waals surface area contributed by atoms with Gasteiger partial charge in [-0.1, -0.05) is 30.3 Å². The van der Waals surface area contributed by atoms with Gasteiger partial charge in [-0.15, -0.1) is 0 Å². The Bertz CT molecular complexity index is 819. The molecule has 0 atom stereocenters. The second kappa shape index (κ2) is 5.39. The lowest BCUT2D eigenvalue weighted by Gasteiger charge is -2.25. The van der Waals surface area contributed by atoms with Crippen molar-refractivity contribution in [3.05, 3.63) is 60.3 Å². The molecule has 1 aliphatic rings. The predicted octanol–water partition coefficient (Wildman–Crippen LogP) is 2.36. The molecular formula is C18H17N3O. The van der Waals surface area contributed by atoms with Gasteiger partial charge in [-0.3, -0.25) is 4.79 Å². The van der Waals surface area contributed by atoms with Crippen LogP contribution in [0, 0.1) is 5.92 Å². The molecule has 3 aromatic rings. The number of carbonyl (C=O) groups is 1. The van der Waals surface area contributed by atoms with Gasteiger partial charge >= 0.3 is 0 Å². The van der Waals surface area contributed by atoms with Crippen LogP contribution < -0.4 is 5.32 Å². The Kier molecular flexibility index (Phi) is 3.24. The minimum atomic E-state index is 0.190. The van der Waals surface area contributed by atoms with Gasteiger partial charge in [0.25, 0.3) is 0 Å². The number of hydrogen-bond donors (Lipinski definition) is 1. The highest BCUT2D eigenvalue weighted by Gasteiger charge is 2.24. The van der Waals surface area contributed by atoms with Crippen LogP contribution in [0.15, 0.2) is 54.7 Å². The Balaban J connectivity index is 1.68. The van der Waals surface area contributed by atoms with Crippen LogP contribution in [-0.4, -0.2) is 28.7 Å². The molecule has 1 aliphatic heterocycles. The van der Waals surface area contributed by atoms with Crippen LogP contribution in [-0.2, 0) is 11.2 Å². The number of ketones is 1. The first-order chi connectivity index (χ1) is 10.8. The van der Waals surface area contributed by atoms with Crippen molar-refractivity contribution in [3.63, 3.8) is 0 Å².